The summed E-state index contributed by atoms with van der Waals surface area (Å²) >= 11 is 0. The summed E-state index contributed by atoms with van der Waals surface area (Å²) in [5.74, 6) is -0.0213. The fourth-order valence-corrected chi connectivity index (χ4v) is 3.54. The molecule has 1 fully saturated rings. The molecule has 0 unspecified atom stereocenters. The van der Waals surface area contributed by atoms with E-state index >= 15 is 0 Å². The molecule has 3 rings (SSSR count). The standard InChI is InChI=1S/C21H26FN3O3/c1-15-14-16(2)25(21(27)23-15)11-5-8-20(26)24-12-9-17(10-13-24)28-19-7-4-3-6-18(19)22/h3-4,6-7,14,17H,5,8-13H2,1-2H3. The Bertz CT molecular complexity index is 889. The van der Waals surface area contributed by atoms with Gasteiger partial charge in [-0.3, -0.25) is 9.36 Å². The summed E-state index contributed by atoms with van der Waals surface area (Å²) in [6.07, 6.45) is 2.26. The Morgan fingerprint density at radius 1 is 1.25 bits per heavy atom. The predicted molar refractivity (Wildman–Crippen MR) is 104 cm³/mol. The second-order valence-electron chi connectivity index (χ2n) is 7.21. The predicted octanol–water partition coefficient (Wildman–Crippen LogP) is 2.85. The Morgan fingerprint density at radius 3 is 2.64 bits per heavy atom. The number of nitrogens with zero attached hydrogens (tertiary/aromatic N) is 3. The van der Waals surface area contributed by atoms with Crippen LogP contribution in [-0.2, 0) is 11.3 Å². The van der Waals surface area contributed by atoms with Crippen molar-refractivity contribution >= 4 is 5.91 Å². The fourth-order valence-electron chi connectivity index (χ4n) is 3.54. The van der Waals surface area contributed by atoms with E-state index in [1.807, 2.05) is 17.9 Å². The van der Waals surface area contributed by atoms with Gasteiger partial charge in [0.25, 0.3) is 0 Å². The van der Waals surface area contributed by atoms with Gasteiger partial charge in [0.1, 0.15) is 6.10 Å². The van der Waals surface area contributed by atoms with Crippen LogP contribution >= 0.6 is 0 Å². The Kier molecular flexibility index (Phi) is 6.44. The summed E-state index contributed by atoms with van der Waals surface area (Å²) in [6, 6.07) is 8.24. The van der Waals surface area contributed by atoms with E-state index in [2.05, 4.69) is 4.98 Å². The monoisotopic (exact) mass is 387 g/mol. The number of hydrogen-bond donors (Lipinski definition) is 0. The van der Waals surface area contributed by atoms with Crippen molar-refractivity contribution in [1.82, 2.24) is 14.5 Å². The van der Waals surface area contributed by atoms with Gasteiger partial charge in [0, 0.05) is 50.3 Å². The summed E-state index contributed by atoms with van der Waals surface area (Å²) in [5.41, 5.74) is 1.29. The van der Waals surface area contributed by atoms with E-state index in [0.717, 1.165) is 5.69 Å². The van der Waals surface area contributed by atoms with E-state index in [-0.39, 0.29) is 29.3 Å². The van der Waals surface area contributed by atoms with Crippen LogP contribution in [0.4, 0.5) is 4.39 Å². The van der Waals surface area contributed by atoms with Crippen LogP contribution in [0.5, 0.6) is 5.75 Å². The lowest BCUT2D eigenvalue weighted by Gasteiger charge is -2.32. The maximum absolute atomic E-state index is 13.7. The summed E-state index contributed by atoms with van der Waals surface area (Å²) in [4.78, 5) is 30.2. The van der Waals surface area contributed by atoms with Crippen LogP contribution in [0.15, 0.2) is 35.1 Å². The molecule has 0 spiro atoms. The number of carbonyl (C=O) groups excluding carboxylic acids is 1. The minimum atomic E-state index is -0.364. The number of amides is 1. The average Bonchev–Trinajstić information content (AvgIpc) is 2.66. The van der Waals surface area contributed by atoms with Crippen molar-refractivity contribution in [3.05, 3.63) is 58.0 Å². The zero-order chi connectivity index (χ0) is 20.1. The number of aromatic nitrogens is 2. The first-order chi connectivity index (χ1) is 13.4. The molecule has 2 heterocycles. The van der Waals surface area contributed by atoms with Gasteiger partial charge in [0.2, 0.25) is 5.91 Å². The fraction of sp³-hybridized carbons (Fsp3) is 0.476. The number of aryl methyl sites for hydroxylation is 2. The van der Waals surface area contributed by atoms with E-state index in [1.165, 1.54) is 6.07 Å². The third kappa shape index (κ3) is 4.97. The largest absolute Gasteiger partial charge is 0.487 e. The highest BCUT2D eigenvalue weighted by Gasteiger charge is 2.24. The van der Waals surface area contributed by atoms with Crippen molar-refractivity contribution in [2.24, 2.45) is 0 Å². The number of rotatable bonds is 6. The Labute approximate surface area is 164 Å². The molecular weight excluding hydrogens is 361 g/mol. The highest BCUT2D eigenvalue weighted by molar-refractivity contribution is 5.76. The zero-order valence-corrected chi connectivity index (χ0v) is 16.4. The minimum Gasteiger partial charge on any atom is -0.487 e. The van der Waals surface area contributed by atoms with Gasteiger partial charge in [-0.25, -0.2) is 9.18 Å². The van der Waals surface area contributed by atoms with Crippen LogP contribution in [0.2, 0.25) is 0 Å². The molecule has 28 heavy (non-hydrogen) atoms. The average molecular weight is 387 g/mol. The third-order valence-electron chi connectivity index (χ3n) is 5.04. The third-order valence-corrected chi connectivity index (χ3v) is 5.04. The number of carbonyl (C=O) groups is 1. The van der Waals surface area contributed by atoms with Gasteiger partial charge in [-0.2, -0.15) is 4.98 Å². The first kappa shape index (κ1) is 20.0. The lowest BCUT2D eigenvalue weighted by Crippen LogP contribution is -2.41. The Hall–Kier alpha value is -2.70. The number of hydrogen-bond acceptors (Lipinski definition) is 4. The summed E-state index contributed by atoms with van der Waals surface area (Å²) in [5, 5.41) is 0. The van der Waals surface area contributed by atoms with Gasteiger partial charge in [-0.15, -0.1) is 0 Å². The molecule has 7 heteroatoms. The molecule has 1 amide bonds. The van der Waals surface area contributed by atoms with Crippen LogP contribution in [0.1, 0.15) is 37.1 Å². The molecule has 1 aromatic carbocycles. The quantitative estimate of drug-likeness (QED) is 0.765. The molecule has 6 nitrogen and oxygen atoms in total. The normalized spacial score (nSPS) is 14.9. The van der Waals surface area contributed by atoms with Gasteiger partial charge in [0.15, 0.2) is 11.6 Å². The van der Waals surface area contributed by atoms with Crippen LogP contribution < -0.4 is 10.4 Å². The van der Waals surface area contributed by atoms with Crippen molar-refractivity contribution in [2.45, 2.75) is 52.2 Å². The first-order valence-electron chi connectivity index (χ1n) is 9.68. The number of ether oxygens (including phenoxy) is 1. The number of piperidine rings is 1. The van der Waals surface area contributed by atoms with Gasteiger partial charge < -0.3 is 9.64 Å². The van der Waals surface area contributed by atoms with Crippen LogP contribution in [0.25, 0.3) is 0 Å². The SMILES string of the molecule is Cc1cc(C)n(CCCC(=O)N2CCC(Oc3ccccc3F)CC2)c(=O)n1. The van der Waals surface area contributed by atoms with E-state index in [9.17, 15) is 14.0 Å². The molecule has 0 saturated carbocycles. The summed E-state index contributed by atoms with van der Waals surface area (Å²) < 4.78 is 21.0. The summed E-state index contributed by atoms with van der Waals surface area (Å²) in [6.45, 7) is 5.35. The zero-order valence-electron chi connectivity index (χ0n) is 16.4. The molecule has 150 valence electrons. The van der Waals surface area contributed by atoms with E-state index in [4.69, 9.17) is 4.74 Å². The highest BCUT2D eigenvalue weighted by Crippen LogP contribution is 2.22. The van der Waals surface area contributed by atoms with Gasteiger partial charge in [0.05, 0.1) is 0 Å². The minimum absolute atomic E-state index is 0.0788. The maximum atomic E-state index is 13.7. The van der Waals surface area contributed by atoms with Crippen molar-refractivity contribution in [1.29, 1.82) is 0 Å². The molecule has 0 aliphatic carbocycles. The second kappa shape index (κ2) is 8.99. The van der Waals surface area contributed by atoms with E-state index < -0.39 is 0 Å². The van der Waals surface area contributed by atoms with Crippen molar-refractivity contribution < 1.29 is 13.9 Å². The second-order valence-corrected chi connectivity index (χ2v) is 7.21. The van der Waals surface area contributed by atoms with Gasteiger partial charge in [-0.1, -0.05) is 12.1 Å². The van der Waals surface area contributed by atoms with Crippen LogP contribution in [0, 0.1) is 19.7 Å². The maximum Gasteiger partial charge on any atom is 0.347 e. The molecule has 0 N–H and O–H groups in total. The summed E-state index contributed by atoms with van der Waals surface area (Å²) in [7, 11) is 0. The smallest absolute Gasteiger partial charge is 0.347 e. The van der Waals surface area contributed by atoms with Crippen LogP contribution in [0.3, 0.4) is 0 Å². The molecule has 2 aromatic rings. The van der Waals surface area contributed by atoms with E-state index in [0.29, 0.717) is 51.0 Å². The highest BCUT2D eigenvalue weighted by atomic mass is 19.1. The Morgan fingerprint density at radius 2 is 1.96 bits per heavy atom. The van der Waals surface area contributed by atoms with Gasteiger partial charge >= 0.3 is 5.69 Å². The lowest BCUT2D eigenvalue weighted by atomic mass is 10.1. The first-order valence-corrected chi connectivity index (χ1v) is 9.68. The molecule has 1 saturated heterocycles. The number of para-hydroxylation sites is 1. The molecule has 1 aromatic heterocycles. The molecule has 0 bridgehead atoms. The molecular formula is C21H26FN3O3. The molecule has 1 aliphatic rings. The van der Waals surface area contributed by atoms with Crippen molar-refractivity contribution in [3.8, 4) is 5.75 Å². The number of benzene rings is 1. The molecule has 0 radical (unpaired) electrons. The lowest BCUT2D eigenvalue weighted by molar-refractivity contribution is -0.133. The topological polar surface area (TPSA) is 64.4 Å². The number of halogens is 1. The van der Waals surface area contributed by atoms with Gasteiger partial charge in [-0.05, 0) is 38.5 Å². The molecule has 0 atom stereocenters. The van der Waals surface area contributed by atoms with Crippen molar-refractivity contribution in [3.63, 3.8) is 0 Å². The number of likely N-dealkylation sites (tertiary alicyclic amines) is 1. The van der Waals surface area contributed by atoms with E-state index in [1.54, 1.807) is 29.7 Å². The van der Waals surface area contributed by atoms with Crippen molar-refractivity contribution in [2.75, 3.05) is 13.1 Å². The Balaban J connectivity index is 1.44. The van der Waals surface area contributed by atoms with Crippen LogP contribution in [-0.4, -0.2) is 39.6 Å². The molecule has 1 aliphatic heterocycles.